The van der Waals surface area contributed by atoms with Gasteiger partial charge < -0.3 is 36.3 Å². The maximum Gasteiger partial charge on any atom is 0.307 e. The molecule has 0 aromatic heterocycles. The van der Waals surface area contributed by atoms with Crippen molar-refractivity contribution in [2.24, 2.45) is 5.84 Å². The highest BCUT2D eigenvalue weighted by atomic mass is 16.5. The van der Waals surface area contributed by atoms with Crippen LogP contribution in [0.3, 0.4) is 0 Å². The number of ether oxygens (including phenoxy) is 2. The Labute approximate surface area is 199 Å². The molecule has 1 unspecified atom stereocenters. The van der Waals surface area contributed by atoms with E-state index < -0.39 is 11.9 Å². The summed E-state index contributed by atoms with van der Waals surface area (Å²) in [5.41, 5.74) is 6.19. The summed E-state index contributed by atoms with van der Waals surface area (Å²) in [6, 6.07) is 12.2. The average molecular weight is 470 g/mol. The fourth-order valence-corrected chi connectivity index (χ4v) is 3.20. The molecule has 0 radical (unpaired) electrons. The summed E-state index contributed by atoms with van der Waals surface area (Å²) < 4.78 is 10.5. The van der Waals surface area contributed by atoms with Crippen molar-refractivity contribution in [3.63, 3.8) is 0 Å². The molecular formula is C24H33N6O4+. The standard InChI is InChI=1S/C24H32N6O4/c1-4-16-8-10-17(11-9-16)20(14-25)29-24(32)19(26)15-30(27)13-12-28-23(31)18-6-5-7-21(33-2)22(18)34-3/h5-11,14-15,20,25H,4,12-13,26-27H2,1-3H3,(H,28,31)(H,29,32)/p+1/b19-15-,25-14?. The van der Waals surface area contributed by atoms with Crippen LogP contribution in [0.1, 0.15) is 34.5 Å². The van der Waals surface area contributed by atoms with Gasteiger partial charge in [-0.2, -0.15) is 0 Å². The van der Waals surface area contributed by atoms with E-state index in [2.05, 4.69) is 23.3 Å². The number of para-hydroxylation sites is 1. The molecule has 0 bridgehead atoms. The minimum atomic E-state index is -0.577. The highest BCUT2D eigenvalue weighted by Crippen LogP contribution is 2.30. The topological polar surface area (TPSA) is 157 Å². The molecule has 10 nitrogen and oxygen atoms in total. The highest BCUT2D eigenvalue weighted by molar-refractivity contribution is 5.97. The second-order valence-corrected chi connectivity index (χ2v) is 7.40. The van der Waals surface area contributed by atoms with Crippen molar-refractivity contribution in [3.05, 3.63) is 71.1 Å². The molecule has 0 heterocycles. The Balaban J connectivity index is 1.91. The number of hydrogen-bond acceptors (Lipinski definition) is 7. The Bertz CT molecular complexity index is 1020. The summed E-state index contributed by atoms with van der Waals surface area (Å²) in [6.07, 6.45) is 3.46. The molecule has 0 aliphatic carbocycles. The predicted molar refractivity (Wildman–Crippen MR) is 129 cm³/mol. The van der Waals surface area contributed by atoms with Gasteiger partial charge in [0.15, 0.2) is 11.5 Å². The number of nitrogens with one attached hydrogen (secondary N) is 3. The van der Waals surface area contributed by atoms with Crippen LogP contribution in [0.2, 0.25) is 0 Å². The van der Waals surface area contributed by atoms with E-state index in [4.69, 9.17) is 20.7 Å². The smallest absolute Gasteiger partial charge is 0.307 e. The summed E-state index contributed by atoms with van der Waals surface area (Å²) in [4.78, 5) is 25.0. The zero-order valence-electron chi connectivity index (χ0n) is 19.8. The van der Waals surface area contributed by atoms with Crippen LogP contribution in [0.15, 0.2) is 54.4 Å². The molecule has 0 saturated carbocycles. The molecule has 2 aromatic carbocycles. The van der Waals surface area contributed by atoms with Gasteiger partial charge in [0.2, 0.25) is 5.70 Å². The van der Waals surface area contributed by atoms with Crippen molar-refractivity contribution in [1.82, 2.24) is 15.6 Å². The third-order valence-electron chi connectivity index (χ3n) is 5.12. The molecule has 2 rings (SSSR count). The number of amides is 2. The number of nitrogens with two attached hydrogens (primary N) is 1. The third-order valence-corrected chi connectivity index (χ3v) is 5.12. The molecule has 1 atom stereocenters. The molecule has 8 N–H and O–H groups in total. The molecule has 0 aliphatic rings. The number of carbonyl (C=O) groups excluding carboxylic acids is 2. The number of nitrogens with zero attached hydrogens (tertiary/aromatic N) is 1. The monoisotopic (exact) mass is 469 g/mol. The first-order valence-electron chi connectivity index (χ1n) is 10.8. The molecule has 0 spiro atoms. The maximum absolute atomic E-state index is 12.5. The second kappa shape index (κ2) is 13.0. The predicted octanol–water partition coefficient (Wildman–Crippen LogP) is 0.762. The summed E-state index contributed by atoms with van der Waals surface area (Å²) >= 11 is 0. The largest absolute Gasteiger partial charge is 0.493 e. The molecule has 2 aromatic rings. The van der Waals surface area contributed by atoms with E-state index >= 15 is 0 Å². The van der Waals surface area contributed by atoms with Crippen molar-refractivity contribution in [2.75, 3.05) is 27.3 Å². The lowest BCUT2D eigenvalue weighted by Crippen LogP contribution is -2.56. The van der Waals surface area contributed by atoms with Crippen molar-refractivity contribution in [1.29, 1.82) is 5.41 Å². The quantitative estimate of drug-likeness (QED) is 0.134. The van der Waals surface area contributed by atoms with Gasteiger partial charge in [0.05, 0.1) is 38.6 Å². The van der Waals surface area contributed by atoms with Gasteiger partial charge in [-0.3, -0.25) is 9.59 Å². The number of carbonyl (C=O) groups is 2. The second-order valence-electron chi connectivity index (χ2n) is 7.40. The number of rotatable bonds is 12. The zero-order chi connectivity index (χ0) is 25.1. The van der Waals surface area contributed by atoms with E-state index in [1.54, 1.807) is 18.2 Å². The average Bonchev–Trinajstić information content (AvgIpc) is 2.86. The van der Waals surface area contributed by atoms with Crippen LogP contribution in [-0.2, 0) is 11.2 Å². The van der Waals surface area contributed by atoms with Crippen LogP contribution in [0.4, 0.5) is 0 Å². The number of quaternary nitrogens is 1. The lowest BCUT2D eigenvalue weighted by molar-refractivity contribution is -0.300. The van der Waals surface area contributed by atoms with E-state index in [0.717, 1.165) is 18.2 Å². The van der Waals surface area contributed by atoms with Crippen molar-refractivity contribution < 1.29 is 24.8 Å². The number of benzene rings is 2. The first kappa shape index (κ1) is 26.4. The molecule has 0 aliphatic heterocycles. The van der Waals surface area contributed by atoms with E-state index in [-0.39, 0.29) is 24.7 Å². The molecule has 34 heavy (non-hydrogen) atoms. The fourth-order valence-electron chi connectivity index (χ4n) is 3.20. The van der Waals surface area contributed by atoms with Gasteiger partial charge in [0.1, 0.15) is 0 Å². The van der Waals surface area contributed by atoms with Gasteiger partial charge in [0.25, 0.3) is 5.91 Å². The van der Waals surface area contributed by atoms with E-state index in [0.29, 0.717) is 17.1 Å². The van der Waals surface area contributed by atoms with Gasteiger partial charge in [-0.25, -0.2) is 5.84 Å². The fraction of sp³-hybridized carbons (Fsp3) is 0.292. The van der Waals surface area contributed by atoms with E-state index in [9.17, 15) is 9.59 Å². The zero-order valence-corrected chi connectivity index (χ0v) is 19.8. The van der Waals surface area contributed by atoms with Gasteiger partial charge in [-0.05, 0) is 29.7 Å². The summed E-state index contributed by atoms with van der Waals surface area (Å²) in [5, 5.41) is 14.4. The van der Waals surface area contributed by atoms with Gasteiger partial charge in [-0.15, -0.1) is 0 Å². The van der Waals surface area contributed by atoms with Crippen molar-refractivity contribution in [3.8, 4) is 11.5 Å². The Kier molecular flexibility index (Phi) is 10.1. The summed E-state index contributed by atoms with van der Waals surface area (Å²) in [5.74, 6) is 5.94. The van der Waals surface area contributed by atoms with Gasteiger partial charge in [0, 0.05) is 12.8 Å². The number of hydrazine groups is 1. The van der Waals surface area contributed by atoms with Gasteiger partial charge >= 0.3 is 5.91 Å². The number of aryl methyl sites for hydroxylation is 1. The Morgan fingerprint density at radius 3 is 2.47 bits per heavy atom. The maximum atomic E-state index is 12.5. The van der Waals surface area contributed by atoms with Crippen LogP contribution < -0.4 is 31.7 Å². The Morgan fingerprint density at radius 2 is 1.88 bits per heavy atom. The molecule has 2 amide bonds. The molecule has 182 valence electrons. The summed E-state index contributed by atoms with van der Waals surface area (Å²) in [6.45, 7) is 2.51. The van der Waals surface area contributed by atoms with Crippen LogP contribution in [0.5, 0.6) is 11.5 Å². The Morgan fingerprint density at radius 1 is 1.18 bits per heavy atom. The molecular weight excluding hydrogens is 436 g/mol. The van der Waals surface area contributed by atoms with Crippen LogP contribution in [-0.4, -0.2) is 50.3 Å². The van der Waals surface area contributed by atoms with Crippen LogP contribution >= 0.6 is 0 Å². The first-order valence-corrected chi connectivity index (χ1v) is 10.8. The molecule has 10 heteroatoms. The van der Waals surface area contributed by atoms with Crippen molar-refractivity contribution >= 4 is 18.0 Å². The van der Waals surface area contributed by atoms with Crippen LogP contribution in [0.25, 0.3) is 0 Å². The Hall–Kier alpha value is -3.89. The van der Waals surface area contributed by atoms with Crippen LogP contribution in [0, 0.1) is 5.41 Å². The van der Waals surface area contributed by atoms with E-state index in [1.165, 1.54) is 31.0 Å². The molecule has 0 saturated heterocycles. The number of methoxy groups -OCH3 is 2. The van der Waals surface area contributed by atoms with Gasteiger partial charge in [-0.1, -0.05) is 37.3 Å². The third kappa shape index (κ3) is 7.06. The summed E-state index contributed by atoms with van der Waals surface area (Å²) in [7, 11) is 2.96. The number of hydrogen-bond donors (Lipinski definition) is 5. The minimum Gasteiger partial charge on any atom is -0.493 e. The first-order chi connectivity index (χ1) is 16.3. The van der Waals surface area contributed by atoms with E-state index in [1.807, 2.05) is 24.3 Å². The lowest BCUT2D eigenvalue weighted by Gasteiger charge is -2.17. The SMILES string of the molecule is CCc1ccc(C(C=N)NC(=O)/C([NH3+])=C/N(N)CCNC(=O)c2cccc(OC)c2OC)cc1. The lowest BCUT2D eigenvalue weighted by atomic mass is 10.0. The molecule has 0 fully saturated rings. The normalized spacial score (nSPS) is 11.9. The minimum absolute atomic E-state index is 0.125. The van der Waals surface area contributed by atoms with Crippen molar-refractivity contribution in [2.45, 2.75) is 19.4 Å². The highest BCUT2D eigenvalue weighted by Gasteiger charge is 2.18.